The van der Waals surface area contributed by atoms with E-state index in [9.17, 15) is 5.11 Å². The molecule has 14 heavy (non-hydrogen) atoms. The Morgan fingerprint density at radius 1 is 1.43 bits per heavy atom. The first-order valence-electron chi connectivity index (χ1n) is 4.45. The van der Waals surface area contributed by atoms with Crippen LogP contribution in [-0.2, 0) is 0 Å². The average Bonchev–Trinajstić information content (AvgIpc) is 2.17. The maximum Gasteiger partial charge on any atom is 0.0942 e. The standard InChI is InChI=1S/C10H14ClNO2/c11-8-3-1-2-7(6-8)10(14)9(12)4-5-13/h1-3,6,9-10,13-14H,4-5,12H2. The van der Waals surface area contributed by atoms with Gasteiger partial charge in [0.2, 0.25) is 0 Å². The molecule has 0 radical (unpaired) electrons. The van der Waals surface area contributed by atoms with Crippen LogP contribution >= 0.6 is 11.6 Å². The van der Waals surface area contributed by atoms with E-state index in [4.69, 9.17) is 22.4 Å². The maximum absolute atomic E-state index is 9.75. The molecule has 1 aromatic rings. The van der Waals surface area contributed by atoms with Gasteiger partial charge in [0.25, 0.3) is 0 Å². The highest BCUT2D eigenvalue weighted by atomic mass is 35.5. The van der Waals surface area contributed by atoms with Crippen molar-refractivity contribution < 1.29 is 10.2 Å². The first kappa shape index (κ1) is 11.5. The Labute approximate surface area is 88.1 Å². The average molecular weight is 216 g/mol. The van der Waals surface area contributed by atoms with Crippen LogP contribution < -0.4 is 5.73 Å². The van der Waals surface area contributed by atoms with Gasteiger partial charge in [-0.15, -0.1) is 0 Å². The molecule has 4 heteroatoms. The molecular formula is C10H14ClNO2. The summed E-state index contributed by atoms with van der Waals surface area (Å²) in [5.74, 6) is 0. The molecule has 0 fully saturated rings. The molecule has 0 aromatic heterocycles. The number of rotatable bonds is 4. The van der Waals surface area contributed by atoms with E-state index >= 15 is 0 Å². The van der Waals surface area contributed by atoms with E-state index in [0.29, 0.717) is 17.0 Å². The number of aliphatic hydroxyl groups is 2. The molecule has 0 bridgehead atoms. The lowest BCUT2D eigenvalue weighted by atomic mass is 10.0. The van der Waals surface area contributed by atoms with Crippen LogP contribution in [0.4, 0.5) is 0 Å². The van der Waals surface area contributed by atoms with E-state index in [1.165, 1.54) is 0 Å². The second kappa shape index (κ2) is 5.32. The van der Waals surface area contributed by atoms with E-state index in [1.54, 1.807) is 24.3 Å². The summed E-state index contributed by atoms with van der Waals surface area (Å²) < 4.78 is 0. The molecule has 0 aliphatic rings. The summed E-state index contributed by atoms with van der Waals surface area (Å²) in [4.78, 5) is 0. The SMILES string of the molecule is NC(CCO)C(O)c1cccc(Cl)c1. The second-order valence-corrected chi connectivity index (χ2v) is 3.61. The van der Waals surface area contributed by atoms with E-state index < -0.39 is 12.1 Å². The zero-order chi connectivity index (χ0) is 10.6. The Balaban J connectivity index is 2.73. The van der Waals surface area contributed by atoms with Gasteiger partial charge >= 0.3 is 0 Å². The minimum atomic E-state index is -0.777. The molecule has 0 aliphatic heterocycles. The number of nitrogens with two attached hydrogens (primary N) is 1. The topological polar surface area (TPSA) is 66.5 Å². The number of halogens is 1. The van der Waals surface area contributed by atoms with Crippen molar-refractivity contribution in [3.05, 3.63) is 34.9 Å². The van der Waals surface area contributed by atoms with Gasteiger partial charge in [-0.3, -0.25) is 0 Å². The third kappa shape index (κ3) is 2.96. The van der Waals surface area contributed by atoms with Gasteiger partial charge in [0.1, 0.15) is 0 Å². The number of hydrogen-bond acceptors (Lipinski definition) is 3. The number of aliphatic hydroxyl groups excluding tert-OH is 2. The Bertz CT molecular complexity index is 293. The van der Waals surface area contributed by atoms with E-state index in [-0.39, 0.29) is 6.61 Å². The zero-order valence-electron chi connectivity index (χ0n) is 7.73. The molecule has 2 atom stereocenters. The van der Waals surface area contributed by atoms with Gasteiger partial charge in [-0.25, -0.2) is 0 Å². The third-order valence-electron chi connectivity index (χ3n) is 2.06. The van der Waals surface area contributed by atoms with Crippen LogP contribution in [0, 0.1) is 0 Å². The lowest BCUT2D eigenvalue weighted by Crippen LogP contribution is -2.29. The Kier molecular flexibility index (Phi) is 4.35. The lowest BCUT2D eigenvalue weighted by molar-refractivity contribution is 0.129. The minimum absolute atomic E-state index is 0.0290. The first-order chi connectivity index (χ1) is 6.65. The molecule has 1 aromatic carbocycles. The largest absolute Gasteiger partial charge is 0.396 e. The van der Waals surface area contributed by atoms with Crippen molar-refractivity contribution in [1.82, 2.24) is 0 Å². The molecule has 0 amide bonds. The third-order valence-corrected chi connectivity index (χ3v) is 2.29. The van der Waals surface area contributed by atoms with Crippen molar-refractivity contribution in [3.8, 4) is 0 Å². The van der Waals surface area contributed by atoms with Gasteiger partial charge in [-0.1, -0.05) is 23.7 Å². The Morgan fingerprint density at radius 3 is 2.71 bits per heavy atom. The van der Waals surface area contributed by atoms with Gasteiger partial charge < -0.3 is 15.9 Å². The summed E-state index contributed by atoms with van der Waals surface area (Å²) in [5, 5.41) is 19.0. The summed E-state index contributed by atoms with van der Waals surface area (Å²) in [6.45, 7) is -0.0290. The van der Waals surface area contributed by atoms with Crippen LogP contribution in [0.5, 0.6) is 0 Å². The summed E-state index contributed by atoms with van der Waals surface area (Å²) in [6, 6.07) is 6.46. The van der Waals surface area contributed by atoms with Crippen molar-refractivity contribution in [1.29, 1.82) is 0 Å². The Morgan fingerprint density at radius 2 is 2.14 bits per heavy atom. The van der Waals surface area contributed by atoms with Gasteiger partial charge in [0.15, 0.2) is 0 Å². The molecule has 0 saturated carbocycles. The van der Waals surface area contributed by atoms with Crippen molar-refractivity contribution >= 4 is 11.6 Å². The van der Waals surface area contributed by atoms with Crippen molar-refractivity contribution in [2.45, 2.75) is 18.6 Å². The van der Waals surface area contributed by atoms with Crippen LogP contribution in [0.15, 0.2) is 24.3 Å². The van der Waals surface area contributed by atoms with E-state index in [1.807, 2.05) is 0 Å². The molecule has 2 unspecified atom stereocenters. The first-order valence-corrected chi connectivity index (χ1v) is 4.83. The number of benzene rings is 1. The highest BCUT2D eigenvalue weighted by molar-refractivity contribution is 6.30. The molecule has 4 N–H and O–H groups in total. The zero-order valence-corrected chi connectivity index (χ0v) is 8.48. The highest BCUT2D eigenvalue weighted by Gasteiger charge is 2.16. The molecule has 0 aliphatic carbocycles. The Hall–Kier alpha value is -0.610. The normalized spacial score (nSPS) is 15.1. The lowest BCUT2D eigenvalue weighted by Gasteiger charge is -2.18. The molecular weight excluding hydrogens is 202 g/mol. The van der Waals surface area contributed by atoms with Crippen LogP contribution in [-0.4, -0.2) is 22.9 Å². The van der Waals surface area contributed by atoms with E-state index in [0.717, 1.165) is 0 Å². The van der Waals surface area contributed by atoms with Gasteiger partial charge in [-0.2, -0.15) is 0 Å². The predicted molar refractivity (Wildman–Crippen MR) is 56.1 cm³/mol. The van der Waals surface area contributed by atoms with Crippen LogP contribution in [0.3, 0.4) is 0 Å². The monoisotopic (exact) mass is 215 g/mol. The van der Waals surface area contributed by atoms with Crippen molar-refractivity contribution in [2.24, 2.45) is 5.73 Å². The minimum Gasteiger partial charge on any atom is -0.396 e. The number of hydrogen-bond donors (Lipinski definition) is 3. The molecule has 0 spiro atoms. The molecule has 1 rings (SSSR count). The molecule has 0 saturated heterocycles. The highest BCUT2D eigenvalue weighted by Crippen LogP contribution is 2.20. The molecule has 3 nitrogen and oxygen atoms in total. The fourth-order valence-corrected chi connectivity index (χ4v) is 1.44. The maximum atomic E-state index is 9.75. The van der Waals surface area contributed by atoms with Gasteiger partial charge in [-0.05, 0) is 24.1 Å². The smallest absolute Gasteiger partial charge is 0.0942 e. The predicted octanol–water partition coefficient (Wildman–Crippen LogP) is 1.08. The van der Waals surface area contributed by atoms with Gasteiger partial charge in [0.05, 0.1) is 6.10 Å². The van der Waals surface area contributed by atoms with Crippen LogP contribution in [0.1, 0.15) is 18.1 Å². The fourth-order valence-electron chi connectivity index (χ4n) is 1.24. The summed E-state index contributed by atoms with van der Waals surface area (Å²) >= 11 is 5.77. The van der Waals surface area contributed by atoms with Crippen LogP contribution in [0.2, 0.25) is 5.02 Å². The molecule has 0 heterocycles. The van der Waals surface area contributed by atoms with Gasteiger partial charge in [0, 0.05) is 17.7 Å². The summed E-state index contributed by atoms with van der Waals surface area (Å²) in [7, 11) is 0. The quantitative estimate of drug-likeness (QED) is 0.704. The van der Waals surface area contributed by atoms with Crippen molar-refractivity contribution in [3.63, 3.8) is 0 Å². The summed E-state index contributed by atoms with van der Waals surface area (Å²) in [6.07, 6.45) is -0.408. The van der Waals surface area contributed by atoms with Crippen molar-refractivity contribution in [2.75, 3.05) is 6.61 Å². The molecule has 78 valence electrons. The second-order valence-electron chi connectivity index (χ2n) is 3.18. The fraction of sp³-hybridized carbons (Fsp3) is 0.400. The van der Waals surface area contributed by atoms with Crippen LogP contribution in [0.25, 0.3) is 0 Å². The van der Waals surface area contributed by atoms with E-state index in [2.05, 4.69) is 0 Å². The summed E-state index contributed by atoms with van der Waals surface area (Å²) in [5.41, 5.74) is 6.34.